The third-order valence-corrected chi connectivity index (χ3v) is 5.31. The number of rotatable bonds is 2. The molecule has 102 valence electrons. The average molecular weight is 278 g/mol. The Kier molecular flexibility index (Phi) is 2.53. The zero-order chi connectivity index (χ0) is 14.0. The fourth-order valence-electron chi connectivity index (χ4n) is 3.29. The molecule has 2 heterocycles. The lowest BCUT2D eigenvalue weighted by molar-refractivity contribution is 0.457. The molecule has 0 spiro atoms. The van der Waals surface area contributed by atoms with Crippen LogP contribution in [0.2, 0.25) is 0 Å². The maximum atomic E-state index is 6.09. The highest BCUT2D eigenvalue weighted by Crippen LogP contribution is 2.71. The van der Waals surface area contributed by atoms with Gasteiger partial charge in [-0.1, -0.05) is 27.7 Å². The first kappa shape index (κ1) is 12.9. The van der Waals surface area contributed by atoms with Gasteiger partial charge >= 0.3 is 0 Å². The van der Waals surface area contributed by atoms with Gasteiger partial charge in [0, 0.05) is 11.7 Å². The Morgan fingerprint density at radius 3 is 2.32 bits per heavy atom. The first-order chi connectivity index (χ1) is 8.80. The van der Waals surface area contributed by atoms with Gasteiger partial charge in [0.2, 0.25) is 0 Å². The maximum Gasteiger partial charge on any atom is 0.160 e. The molecule has 0 saturated heterocycles. The van der Waals surface area contributed by atoms with E-state index in [9.17, 15) is 0 Å². The molecule has 0 bridgehead atoms. The van der Waals surface area contributed by atoms with Gasteiger partial charge in [0.25, 0.3) is 0 Å². The molecule has 1 fully saturated rings. The number of alkyl halides is 1. The quantitative estimate of drug-likeness (QED) is 0.774. The molecule has 0 aliphatic heterocycles. The minimum atomic E-state index is 0.243. The largest absolute Gasteiger partial charge is 0.307 e. The Balaban J connectivity index is 2.26. The van der Waals surface area contributed by atoms with Crippen LogP contribution >= 0.6 is 11.6 Å². The lowest BCUT2D eigenvalue weighted by Crippen LogP contribution is -2.06. The highest BCUT2D eigenvalue weighted by atomic mass is 35.5. The second-order valence-corrected chi connectivity index (χ2v) is 6.94. The summed E-state index contributed by atoms with van der Waals surface area (Å²) in [5, 5.41) is 0. The van der Waals surface area contributed by atoms with Crippen molar-refractivity contribution in [2.45, 2.75) is 46.5 Å². The van der Waals surface area contributed by atoms with Crippen molar-refractivity contribution in [3.05, 3.63) is 23.7 Å². The Morgan fingerprint density at radius 1 is 1.16 bits per heavy atom. The van der Waals surface area contributed by atoms with E-state index in [0.717, 1.165) is 22.7 Å². The smallest absolute Gasteiger partial charge is 0.160 e. The number of hydrogen-bond donors (Lipinski definition) is 0. The van der Waals surface area contributed by atoms with Gasteiger partial charge in [0.15, 0.2) is 5.65 Å². The zero-order valence-corrected chi connectivity index (χ0v) is 12.9. The van der Waals surface area contributed by atoms with Crippen LogP contribution in [0.1, 0.15) is 45.3 Å². The van der Waals surface area contributed by atoms with E-state index < -0.39 is 0 Å². The molecule has 2 aromatic heterocycles. The molecule has 1 aliphatic carbocycles. The van der Waals surface area contributed by atoms with Gasteiger partial charge in [-0.05, 0) is 29.9 Å². The molecule has 4 heteroatoms. The topological polar surface area (TPSA) is 30.7 Å². The van der Waals surface area contributed by atoms with Crippen LogP contribution < -0.4 is 0 Å². The second kappa shape index (κ2) is 3.72. The molecule has 0 N–H and O–H groups in total. The molecule has 1 aliphatic rings. The van der Waals surface area contributed by atoms with Crippen molar-refractivity contribution in [2.24, 2.45) is 10.8 Å². The van der Waals surface area contributed by atoms with Crippen molar-refractivity contribution in [1.29, 1.82) is 0 Å². The van der Waals surface area contributed by atoms with Crippen LogP contribution in [0.25, 0.3) is 11.2 Å². The van der Waals surface area contributed by atoms with E-state index in [0.29, 0.717) is 11.9 Å². The van der Waals surface area contributed by atoms with Crippen molar-refractivity contribution in [2.75, 3.05) is 0 Å². The fourth-order valence-corrected chi connectivity index (χ4v) is 3.48. The summed E-state index contributed by atoms with van der Waals surface area (Å²) < 4.78 is 2.26. The molecular formula is C15H20ClN3. The normalized spacial score (nSPS) is 20.9. The maximum absolute atomic E-state index is 6.09. The van der Waals surface area contributed by atoms with E-state index in [2.05, 4.69) is 42.2 Å². The first-order valence-corrected chi connectivity index (χ1v) is 7.24. The van der Waals surface area contributed by atoms with Crippen LogP contribution in [0.4, 0.5) is 0 Å². The summed E-state index contributed by atoms with van der Waals surface area (Å²) in [6.07, 6.45) is 0. The summed E-state index contributed by atoms with van der Waals surface area (Å²) in [5.74, 6) is 1.36. The number of aryl methyl sites for hydroxylation is 1. The van der Waals surface area contributed by atoms with Gasteiger partial charge in [-0.3, -0.25) is 0 Å². The first-order valence-electron chi connectivity index (χ1n) is 6.71. The molecule has 0 atom stereocenters. The molecule has 0 aromatic carbocycles. The van der Waals surface area contributed by atoms with Crippen molar-refractivity contribution in [3.63, 3.8) is 0 Å². The highest BCUT2D eigenvalue weighted by molar-refractivity contribution is 6.16. The monoisotopic (exact) mass is 277 g/mol. The van der Waals surface area contributed by atoms with Crippen molar-refractivity contribution in [3.8, 4) is 0 Å². The van der Waals surface area contributed by atoms with Crippen LogP contribution in [0.5, 0.6) is 0 Å². The Hall–Kier alpha value is -1.09. The number of fused-ring (bicyclic) bond motifs is 1. The van der Waals surface area contributed by atoms with Crippen LogP contribution in [-0.4, -0.2) is 14.5 Å². The molecule has 3 nitrogen and oxygen atoms in total. The second-order valence-electron chi connectivity index (χ2n) is 6.67. The summed E-state index contributed by atoms with van der Waals surface area (Å²) in [6.45, 7) is 11.2. The SMILES string of the molecule is Cc1ccc2nc(CCl)n(C3C(C)(C)C3(C)C)c2n1. The van der Waals surface area contributed by atoms with E-state index in [4.69, 9.17) is 11.6 Å². The van der Waals surface area contributed by atoms with Crippen molar-refractivity contribution >= 4 is 22.8 Å². The third kappa shape index (κ3) is 1.57. The van der Waals surface area contributed by atoms with Crippen molar-refractivity contribution < 1.29 is 0 Å². The molecule has 19 heavy (non-hydrogen) atoms. The third-order valence-electron chi connectivity index (χ3n) is 5.07. The highest BCUT2D eigenvalue weighted by Gasteiger charge is 2.66. The van der Waals surface area contributed by atoms with Gasteiger partial charge < -0.3 is 4.57 Å². The standard InChI is InChI=1S/C15H20ClN3/c1-9-6-7-10-12(17-9)19(11(8-16)18-10)13-14(2,3)15(13,4)5/h6-7,13H,8H2,1-5H3. The molecule has 1 saturated carbocycles. The van der Waals surface area contributed by atoms with Crippen LogP contribution in [0.15, 0.2) is 12.1 Å². The van der Waals surface area contributed by atoms with E-state index in [1.807, 2.05) is 19.1 Å². The molecule has 0 radical (unpaired) electrons. The molecule has 0 amide bonds. The minimum absolute atomic E-state index is 0.243. The number of pyridine rings is 1. The molecule has 0 unspecified atom stereocenters. The summed E-state index contributed by atoms with van der Waals surface area (Å²) in [7, 11) is 0. The van der Waals surface area contributed by atoms with Gasteiger partial charge in [-0.25, -0.2) is 9.97 Å². The van der Waals surface area contributed by atoms with Gasteiger partial charge in [-0.15, -0.1) is 11.6 Å². The Bertz CT molecular complexity index is 641. The predicted molar refractivity (Wildman–Crippen MR) is 78.4 cm³/mol. The fraction of sp³-hybridized carbons (Fsp3) is 0.600. The van der Waals surface area contributed by atoms with E-state index >= 15 is 0 Å². The van der Waals surface area contributed by atoms with E-state index in [1.165, 1.54) is 0 Å². The summed E-state index contributed by atoms with van der Waals surface area (Å²) in [6, 6.07) is 4.45. The minimum Gasteiger partial charge on any atom is -0.307 e. The van der Waals surface area contributed by atoms with Gasteiger partial charge in [-0.2, -0.15) is 0 Å². The summed E-state index contributed by atoms with van der Waals surface area (Å²) in [4.78, 5) is 9.31. The number of nitrogens with zero attached hydrogens (tertiary/aromatic N) is 3. The van der Waals surface area contributed by atoms with Gasteiger partial charge in [0.05, 0.1) is 5.88 Å². The number of aromatic nitrogens is 3. The Labute approximate surface area is 119 Å². The van der Waals surface area contributed by atoms with Crippen LogP contribution in [0.3, 0.4) is 0 Å². The number of imidazole rings is 1. The summed E-state index contributed by atoms with van der Waals surface area (Å²) in [5.41, 5.74) is 3.42. The van der Waals surface area contributed by atoms with Crippen LogP contribution in [-0.2, 0) is 5.88 Å². The van der Waals surface area contributed by atoms with Crippen LogP contribution in [0, 0.1) is 17.8 Å². The lowest BCUT2D eigenvalue weighted by Gasteiger charge is -2.09. The Morgan fingerprint density at radius 2 is 1.79 bits per heavy atom. The van der Waals surface area contributed by atoms with Gasteiger partial charge in [0.1, 0.15) is 11.3 Å². The van der Waals surface area contributed by atoms with Crippen molar-refractivity contribution in [1.82, 2.24) is 14.5 Å². The average Bonchev–Trinajstić information content (AvgIpc) is 2.63. The number of hydrogen-bond acceptors (Lipinski definition) is 2. The zero-order valence-electron chi connectivity index (χ0n) is 12.2. The molecular weight excluding hydrogens is 258 g/mol. The van der Waals surface area contributed by atoms with E-state index in [1.54, 1.807) is 0 Å². The molecule has 2 aromatic rings. The molecule has 3 rings (SSSR count). The summed E-state index contributed by atoms with van der Waals surface area (Å²) >= 11 is 6.09. The predicted octanol–water partition coefficient (Wildman–Crippen LogP) is 4.09. The lowest BCUT2D eigenvalue weighted by atomic mass is 10.0. The van der Waals surface area contributed by atoms with E-state index in [-0.39, 0.29) is 10.8 Å². The number of halogens is 1.